The standard InChI is InChI=1S/C24H29N3O2/c1-18-5-2-7-20-19(17-25-23(18)20)6-4-10-26-11-13-27(14-12-26)21-8-3-9-22-24(21)29-16-15-28-22/h2-3,5,7-9,17,25H,4,6,10-16H2,1H3. The normalized spacial score (nSPS) is 17.1. The fourth-order valence-corrected chi connectivity index (χ4v) is 4.58. The number of hydrogen-bond donors (Lipinski definition) is 1. The Bertz CT molecular complexity index is 989. The van der Waals surface area contributed by atoms with E-state index in [0.717, 1.165) is 50.6 Å². The van der Waals surface area contributed by atoms with Crippen LogP contribution in [-0.2, 0) is 6.42 Å². The molecular formula is C24H29N3O2. The highest BCUT2D eigenvalue weighted by Crippen LogP contribution is 2.39. The maximum atomic E-state index is 5.90. The molecule has 0 amide bonds. The zero-order chi connectivity index (χ0) is 19.6. The van der Waals surface area contributed by atoms with Crippen LogP contribution in [0.2, 0.25) is 0 Å². The Morgan fingerprint density at radius 2 is 1.79 bits per heavy atom. The van der Waals surface area contributed by atoms with Crippen LogP contribution in [0.5, 0.6) is 11.5 Å². The van der Waals surface area contributed by atoms with Gasteiger partial charge in [0.15, 0.2) is 11.5 Å². The quantitative estimate of drug-likeness (QED) is 0.714. The molecule has 1 N–H and O–H groups in total. The van der Waals surface area contributed by atoms with Gasteiger partial charge < -0.3 is 19.4 Å². The summed E-state index contributed by atoms with van der Waals surface area (Å²) >= 11 is 0. The average Bonchev–Trinajstić information content (AvgIpc) is 3.18. The highest BCUT2D eigenvalue weighted by atomic mass is 16.6. The highest BCUT2D eigenvalue weighted by Gasteiger charge is 2.23. The van der Waals surface area contributed by atoms with Crippen molar-refractivity contribution in [1.29, 1.82) is 0 Å². The van der Waals surface area contributed by atoms with Gasteiger partial charge in [-0.25, -0.2) is 0 Å². The predicted molar refractivity (Wildman–Crippen MR) is 117 cm³/mol. The molecule has 0 atom stereocenters. The van der Waals surface area contributed by atoms with Gasteiger partial charge in [-0.15, -0.1) is 0 Å². The summed E-state index contributed by atoms with van der Waals surface area (Å²) in [6.45, 7) is 8.85. The number of benzene rings is 2. The molecule has 0 bridgehead atoms. The van der Waals surface area contributed by atoms with E-state index in [1.165, 1.54) is 34.1 Å². The summed E-state index contributed by atoms with van der Waals surface area (Å²) in [6, 6.07) is 12.8. The number of aromatic nitrogens is 1. The van der Waals surface area contributed by atoms with E-state index in [0.29, 0.717) is 13.2 Å². The van der Waals surface area contributed by atoms with Crippen LogP contribution in [0, 0.1) is 6.92 Å². The highest BCUT2D eigenvalue weighted by molar-refractivity contribution is 5.85. The first-order chi connectivity index (χ1) is 14.3. The molecule has 5 heteroatoms. The molecule has 5 nitrogen and oxygen atoms in total. The van der Waals surface area contributed by atoms with Crippen molar-refractivity contribution in [3.05, 3.63) is 53.7 Å². The van der Waals surface area contributed by atoms with Gasteiger partial charge in [0.05, 0.1) is 5.69 Å². The van der Waals surface area contributed by atoms with E-state index < -0.39 is 0 Å². The third-order valence-electron chi connectivity index (χ3n) is 6.19. The lowest BCUT2D eigenvalue weighted by Gasteiger charge is -2.37. The van der Waals surface area contributed by atoms with Crippen LogP contribution in [0.25, 0.3) is 10.9 Å². The van der Waals surface area contributed by atoms with Crippen LogP contribution in [0.4, 0.5) is 5.69 Å². The number of fused-ring (bicyclic) bond motifs is 2. The first-order valence-electron chi connectivity index (χ1n) is 10.7. The fourth-order valence-electron chi connectivity index (χ4n) is 4.58. The van der Waals surface area contributed by atoms with Gasteiger partial charge in [-0.1, -0.05) is 24.3 Å². The van der Waals surface area contributed by atoms with Crippen molar-refractivity contribution in [2.75, 3.05) is 50.8 Å². The van der Waals surface area contributed by atoms with Crippen LogP contribution < -0.4 is 14.4 Å². The predicted octanol–water partition coefficient (Wildman–Crippen LogP) is 4.00. The number of para-hydroxylation sites is 2. The van der Waals surface area contributed by atoms with Crippen LogP contribution >= 0.6 is 0 Å². The van der Waals surface area contributed by atoms with Crippen molar-refractivity contribution in [3.63, 3.8) is 0 Å². The van der Waals surface area contributed by atoms with Crippen molar-refractivity contribution >= 4 is 16.6 Å². The maximum absolute atomic E-state index is 5.90. The lowest BCUT2D eigenvalue weighted by atomic mass is 10.1. The number of aromatic amines is 1. The van der Waals surface area contributed by atoms with Crippen molar-refractivity contribution in [3.8, 4) is 11.5 Å². The number of anilines is 1. The van der Waals surface area contributed by atoms with Crippen LogP contribution in [0.3, 0.4) is 0 Å². The molecule has 152 valence electrons. The molecule has 3 aromatic rings. The summed E-state index contributed by atoms with van der Waals surface area (Å²) < 4.78 is 11.6. The minimum absolute atomic E-state index is 0.636. The summed E-state index contributed by atoms with van der Waals surface area (Å²) in [6.07, 6.45) is 4.51. The summed E-state index contributed by atoms with van der Waals surface area (Å²) in [4.78, 5) is 8.48. The van der Waals surface area contributed by atoms with Crippen LogP contribution in [0.1, 0.15) is 17.5 Å². The lowest BCUT2D eigenvalue weighted by Crippen LogP contribution is -2.46. The fraction of sp³-hybridized carbons (Fsp3) is 0.417. The molecule has 0 radical (unpaired) electrons. The summed E-state index contributed by atoms with van der Waals surface area (Å²) in [5.74, 6) is 1.80. The molecule has 2 aliphatic heterocycles. The molecule has 29 heavy (non-hydrogen) atoms. The van der Waals surface area contributed by atoms with E-state index in [9.17, 15) is 0 Å². The summed E-state index contributed by atoms with van der Waals surface area (Å²) in [7, 11) is 0. The average molecular weight is 392 g/mol. The van der Waals surface area contributed by atoms with Gasteiger partial charge in [0.25, 0.3) is 0 Å². The number of nitrogens with one attached hydrogen (secondary N) is 1. The molecule has 0 aliphatic carbocycles. The first kappa shape index (κ1) is 18.4. The monoisotopic (exact) mass is 391 g/mol. The molecule has 5 rings (SSSR count). The van der Waals surface area contributed by atoms with Gasteiger partial charge in [0.1, 0.15) is 13.2 Å². The second-order valence-corrected chi connectivity index (χ2v) is 8.04. The molecule has 1 fully saturated rings. The van der Waals surface area contributed by atoms with Gasteiger partial charge in [-0.05, 0) is 49.6 Å². The summed E-state index contributed by atoms with van der Waals surface area (Å²) in [5, 5.41) is 1.38. The van der Waals surface area contributed by atoms with E-state index in [-0.39, 0.29) is 0 Å². The molecule has 1 saturated heterocycles. The minimum Gasteiger partial charge on any atom is -0.486 e. The largest absolute Gasteiger partial charge is 0.486 e. The summed E-state index contributed by atoms with van der Waals surface area (Å²) in [5.41, 5.74) is 5.22. The Hall–Kier alpha value is -2.66. The van der Waals surface area contributed by atoms with Gasteiger partial charge in [0.2, 0.25) is 0 Å². The van der Waals surface area contributed by atoms with Crippen LogP contribution in [-0.4, -0.2) is 55.8 Å². The van der Waals surface area contributed by atoms with E-state index >= 15 is 0 Å². The second kappa shape index (κ2) is 7.99. The zero-order valence-corrected chi connectivity index (χ0v) is 17.1. The molecule has 1 aromatic heterocycles. The van der Waals surface area contributed by atoms with Gasteiger partial charge in [-0.3, -0.25) is 4.90 Å². The lowest BCUT2D eigenvalue weighted by molar-refractivity contribution is 0.171. The Morgan fingerprint density at radius 1 is 0.966 bits per heavy atom. The van der Waals surface area contributed by atoms with Crippen molar-refractivity contribution in [2.45, 2.75) is 19.8 Å². The Morgan fingerprint density at radius 3 is 2.69 bits per heavy atom. The smallest absolute Gasteiger partial charge is 0.184 e. The van der Waals surface area contributed by atoms with E-state index in [4.69, 9.17) is 9.47 Å². The number of H-pyrrole nitrogens is 1. The van der Waals surface area contributed by atoms with Crippen LogP contribution in [0.15, 0.2) is 42.6 Å². The van der Waals surface area contributed by atoms with Gasteiger partial charge >= 0.3 is 0 Å². The molecule has 2 aromatic carbocycles. The SMILES string of the molecule is Cc1cccc2c(CCCN3CCN(c4cccc5c4OCCO5)CC3)c[nH]c12. The Labute approximate surface area is 172 Å². The van der Waals surface area contributed by atoms with Gasteiger partial charge in [-0.2, -0.15) is 0 Å². The van der Waals surface area contributed by atoms with E-state index in [1.807, 2.05) is 6.07 Å². The number of nitrogens with zero attached hydrogens (tertiary/aromatic N) is 2. The zero-order valence-electron chi connectivity index (χ0n) is 17.1. The number of aryl methyl sites for hydroxylation is 2. The number of ether oxygens (including phenoxy) is 2. The molecular weight excluding hydrogens is 362 g/mol. The number of hydrogen-bond acceptors (Lipinski definition) is 4. The maximum Gasteiger partial charge on any atom is 0.184 e. The first-order valence-corrected chi connectivity index (χ1v) is 10.7. The van der Waals surface area contributed by atoms with E-state index in [1.54, 1.807) is 0 Å². The minimum atomic E-state index is 0.636. The van der Waals surface area contributed by atoms with Crippen molar-refractivity contribution in [2.24, 2.45) is 0 Å². The van der Waals surface area contributed by atoms with Crippen molar-refractivity contribution < 1.29 is 9.47 Å². The molecule has 0 spiro atoms. The number of piperazine rings is 1. The second-order valence-electron chi connectivity index (χ2n) is 8.04. The Kier molecular flexibility index (Phi) is 5.06. The Balaban J connectivity index is 1.15. The topological polar surface area (TPSA) is 40.7 Å². The van der Waals surface area contributed by atoms with Crippen molar-refractivity contribution in [1.82, 2.24) is 9.88 Å². The third-order valence-corrected chi connectivity index (χ3v) is 6.19. The van der Waals surface area contributed by atoms with E-state index in [2.05, 4.69) is 58.2 Å². The molecule has 2 aliphatic rings. The molecule has 3 heterocycles. The number of rotatable bonds is 5. The molecule has 0 unspecified atom stereocenters. The third kappa shape index (κ3) is 3.67. The van der Waals surface area contributed by atoms with Gasteiger partial charge in [0, 0.05) is 43.3 Å². The molecule has 0 saturated carbocycles.